The average molecular weight is 455 g/mol. The lowest BCUT2D eigenvalue weighted by Gasteiger charge is -2.56. The highest BCUT2D eigenvalue weighted by Gasteiger charge is 2.52. The molecule has 8 aliphatic carbocycles. The van der Waals surface area contributed by atoms with Crippen LogP contribution in [0, 0.1) is 35.5 Å². The van der Waals surface area contributed by atoms with Gasteiger partial charge in [0.15, 0.2) is 0 Å². The van der Waals surface area contributed by atoms with Crippen LogP contribution in [0.4, 0.5) is 0 Å². The molecule has 8 fully saturated rings. The van der Waals surface area contributed by atoms with E-state index in [9.17, 15) is 19.2 Å². The molecule has 0 aromatic rings. The van der Waals surface area contributed by atoms with Crippen LogP contribution in [0.25, 0.3) is 0 Å². The van der Waals surface area contributed by atoms with Crippen molar-refractivity contribution in [3.63, 3.8) is 0 Å². The Balaban J connectivity index is 0.963. The second-order valence-corrected chi connectivity index (χ2v) is 13.1. The molecular formula is C27H38N2O4. The van der Waals surface area contributed by atoms with Crippen molar-refractivity contribution in [3.8, 4) is 0 Å². The van der Waals surface area contributed by atoms with E-state index in [0.29, 0.717) is 0 Å². The van der Waals surface area contributed by atoms with Crippen LogP contribution >= 0.6 is 0 Å². The zero-order valence-electron chi connectivity index (χ0n) is 19.7. The third-order valence-corrected chi connectivity index (χ3v) is 10.00. The van der Waals surface area contributed by atoms with Gasteiger partial charge in [0.25, 0.3) is 0 Å². The van der Waals surface area contributed by atoms with E-state index in [1.165, 1.54) is 38.5 Å². The minimum Gasteiger partial charge on any atom is -0.350 e. The van der Waals surface area contributed by atoms with E-state index in [4.69, 9.17) is 0 Å². The van der Waals surface area contributed by atoms with E-state index in [-0.39, 0.29) is 53.7 Å². The lowest BCUT2D eigenvalue weighted by Crippen LogP contribution is -2.60. The van der Waals surface area contributed by atoms with Crippen LogP contribution in [0.3, 0.4) is 0 Å². The molecule has 8 aliphatic rings. The molecule has 2 amide bonds. The van der Waals surface area contributed by atoms with Gasteiger partial charge < -0.3 is 10.6 Å². The normalized spacial score (nSPS) is 44.0. The molecule has 0 unspecified atom stereocenters. The number of ketones is 2. The minimum atomic E-state index is -0.371. The van der Waals surface area contributed by atoms with Gasteiger partial charge in [0.05, 0.1) is 19.3 Å². The van der Waals surface area contributed by atoms with Crippen LogP contribution in [0.2, 0.25) is 0 Å². The predicted molar refractivity (Wildman–Crippen MR) is 122 cm³/mol. The van der Waals surface area contributed by atoms with Gasteiger partial charge >= 0.3 is 0 Å². The highest BCUT2D eigenvalue weighted by Crippen LogP contribution is 2.56. The summed E-state index contributed by atoms with van der Waals surface area (Å²) in [5, 5.41) is 6.41. The Morgan fingerprint density at radius 1 is 0.485 bits per heavy atom. The van der Waals surface area contributed by atoms with E-state index in [0.717, 1.165) is 74.0 Å². The molecule has 2 N–H and O–H groups in total. The third-order valence-electron chi connectivity index (χ3n) is 10.00. The molecule has 6 nitrogen and oxygen atoms in total. The first-order valence-corrected chi connectivity index (χ1v) is 13.4. The summed E-state index contributed by atoms with van der Waals surface area (Å²) < 4.78 is 0. The van der Waals surface area contributed by atoms with Gasteiger partial charge in [0.2, 0.25) is 11.8 Å². The fourth-order valence-corrected chi connectivity index (χ4v) is 9.91. The highest BCUT2D eigenvalue weighted by atomic mass is 16.2. The molecule has 8 rings (SSSR count). The Bertz CT molecular complexity index is 737. The number of Topliss-reactive ketones (excluding diaryl/α,β-unsaturated/α-hetero) is 2. The largest absolute Gasteiger partial charge is 0.350 e. The Kier molecular flexibility index (Phi) is 5.22. The fourth-order valence-electron chi connectivity index (χ4n) is 9.91. The molecule has 0 spiro atoms. The molecule has 0 aliphatic heterocycles. The molecule has 0 aromatic heterocycles. The molecule has 33 heavy (non-hydrogen) atoms. The zero-order chi connectivity index (χ0) is 22.8. The molecular weight excluding hydrogens is 416 g/mol. The van der Waals surface area contributed by atoms with E-state index >= 15 is 0 Å². The van der Waals surface area contributed by atoms with Crippen molar-refractivity contribution in [2.45, 2.75) is 107 Å². The van der Waals surface area contributed by atoms with Gasteiger partial charge in [-0.25, -0.2) is 0 Å². The van der Waals surface area contributed by atoms with Gasteiger partial charge in [0, 0.05) is 11.1 Å². The van der Waals surface area contributed by atoms with Gasteiger partial charge in [-0.15, -0.1) is 0 Å². The maximum Gasteiger partial charge on any atom is 0.227 e. The number of rotatable bonds is 8. The average Bonchev–Trinajstić information content (AvgIpc) is 2.63. The van der Waals surface area contributed by atoms with Crippen LogP contribution in [0.15, 0.2) is 0 Å². The van der Waals surface area contributed by atoms with Crippen LogP contribution < -0.4 is 10.6 Å². The summed E-state index contributed by atoms with van der Waals surface area (Å²) in [6.07, 6.45) is 13.3. The maximum atomic E-state index is 12.6. The summed E-state index contributed by atoms with van der Waals surface area (Å²) in [6, 6.07) is 0. The first kappa shape index (κ1) is 21.8. The fraction of sp³-hybridized carbons (Fsp3) is 0.852. The van der Waals surface area contributed by atoms with Crippen LogP contribution in [0.5, 0.6) is 0 Å². The molecule has 8 saturated carbocycles. The summed E-state index contributed by atoms with van der Waals surface area (Å²) in [7, 11) is 0. The van der Waals surface area contributed by atoms with Crippen LogP contribution in [-0.4, -0.2) is 34.5 Å². The summed E-state index contributed by atoms with van der Waals surface area (Å²) in [6.45, 7) is 0. The standard InChI is InChI=1S/C27H38N2O4/c30-22(8-24(32)28-26-10-16-1-17(11-26)3-18(2-16)12-26)7-23(31)9-25(33)29-27-13-19-4-20(14-27)6-21(5-19)15-27/h16-21H,1-15H2,(H,28,32)(H,29,33). The molecule has 0 atom stereocenters. The molecule has 0 aromatic carbocycles. The molecule has 0 heterocycles. The summed E-state index contributed by atoms with van der Waals surface area (Å²) in [4.78, 5) is 50.1. The van der Waals surface area contributed by atoms with Crippen LogP contribution in [-0.2, 0) is 19.2 Å². The van der Waals surface area contributed by atoms with Gasteiger partial charge in [0.1, 0.15) is 11.6 Å². The van der Waals surface area contributed by atoms with Crippen molar-refractivity contribution >= 4 is 23.4 Å². The molecule has 0 radical (unpaired) electrons. The quantitative estimate of drug-likeness (QED) is 0.550. The minimum absolute atomic E-state index is 0.117. The monoisotopic (exact) mass is 454 g/mol. The third kappa shape index (κ3) is 4.39. The van der Waals surface area contributed by atoms with Gasteiger partial charge in [-0.3, -0.25) is 19.2 Å². The molecule has 8 bridgehead atoms. The van der Waals surface area contributed by atoms with Gasteiger partial charge in [-0.1, -0.05) is 0 Å². The van der Waals surface area contributed by atoms with Crippen molar-refractivity contribution in [2.75, 3.05) is 0 Å². The summed E-state index contributed by atoms with van der Waals surface area (Å²) in [5.74, 6) is 3.11. The number of nitrogens with one attached hydrogen (secondary N) is 2. The number of carbonyl (C=O) groups is 4. The second kappa shape index (κ2) is 7.91. The smallest absolute Gasteiger partial charge is 0.227 e. The van der Waals surface area contributed by atoms with Crippen molar-refractivity contribution in [3.05, 3.63) is 0 Å². The summed E-state index contributed by atoms with van der Waals surface area (Å²) in [5.41, 5.74) is -0.234. The topological polar surface area (TPSA) is 92.3 Å². The van der Waals surface area contributed by atoms with Crippen molar-refractivity contribution in [1.82, 2.24) is 10.6 Å². The van der Waals surface area contributed by atoms with Gasteiger partial charge in [-0.05, 0) is 113 Å². The van der Waals surface area contributed by atoms with E-state index in [1.54, 1.807) is 0 Å². The molecule has 180 valence electrons. The van der Waals surface area contributed by atoms with Gasteiger partial charge in [-0.2, -0.15) is 0 Å². The lowest BCUT2D eigenvalue weighted by atomic mass is 9.53. The summed E-state index contributed by atoms with van der Waals surface area (Å²) >= 11 is 0. The number of hydrogen-bond acceptors (Lipinski definition) is 4. The maximum absolute atomic E-state index is 12.6. The molecule has 0 saturated heterocycles. The van der Waals surface area contributed by atoms with Crippen molar-refractivity contribution < 1.29 is 19.2 Å². The first-order chi connectivity index (χ1) is 15.8. The Morgan fingerprint density at radius 3 is 1.03 bits per heavy atom. The lowest BCUT2D eigenvalue weighted by molar-refractivity contribution is -0.134. The van der Waals surface area contributed by atoms with Crippen molar-refractivity contribution in [2.24, 2.45) is 35.5 Å². The van der Waals surface area contributed by atoms with E-state index in [2.05, 4.69) is 10.6 Å². The van der Waals surface area contributed by atoms with Crippen molar-refractivity contribution in [1.29, 1.82) is 0 Å². The van der Waals surface area contributed by atoms with E-state index in [1.807, 2.05) is 0 Å². The number of amides is 2. The Hall–Kier alpha value is -1.72. The van der Waals surface area contributed by atoms with Crippen LogP contribution in [0.1, 0.15) is 96.3 Å². The SMILES string of the molecule is O=C(CC(=O)CC(=O)NC12CC3CC(CC(C3)C1)C2)CC(=O)NC12CC3CC(CC(C3)C1)C2. The number of hydrogen-bond donors (Lipinski definition) is 2. The number of carbonyl (C=O) groups excluding carboxylic acids is 4. The zero-order valence-corrected chi connectivity index (χ0v) is 19.7. The van der Waals surface area contributed by atoms with E-state index < -0.39 is 0 Å². The highest BCUT2D eigenvalue weighted by molar-refractivity contribution is 6.10. The second-order valence-electron chi connectivity index (χ2n) is 13.1. The Morgan fingerprint density at radius 2 is 0.758 bits per heavy atom. The Labute approximate surface area is 196 Å². The molecule has 6 heteroatoms. The first-order valence-electron chi connectivity index (χ1n) is 13.4. The predicted octanol–water partition coefficient (Wildman–Crippen LogP) is 3.46.